The summed E-state index contributed by atoms with van der Waals surface area (Å²) >= 11 is 1.62. The number of hydrogen-bond donors (Lipinski definition) is 1. The van der Waals surface area contributed by atoms with Crippen LogP contribution in [0.4, 0.5) is 0 Å². The van der Waals surface area contributed by atoms with E-state index in [1.54, 1.807) is 18.4 Å². The molecule has 0 saturated heterocycles. The third-order valence-electron chi connectivity index (χ3n) is 3.90. The smallest absolute Gasteiger partial charge is 0.251 e. The van der Waals surface area contributed by atoms with Crippen molar-refractivity contribution in [3.63, 3.8) is 0 Å². The maximum absolute atomic E-state index is 12.3. The highest BCUT2D eigenvalue weighted by atomic mass is 32.1. The van der Waals surface area contributed by atoms with Crippen LogP contribution in [0.5, 0.6) is 0 Å². The van der Waals surface area contributed by atoms with Gasteiger partial charge in [0.1, 0.15) is 6.10 Å². The van der Waals surface area contributed by atoms with Gasteiger partial charge in [-0.3, -0.25) is 4.79 Å². The zero-order valence-corrected chi connectivity index (χ0v) is 14.3. The molecule has 0 aliphatic carbocycles. The molecule has 0 fully saturated rings. The van der Waals surface area contributed by atoms with Gasteiger partial charge in [0.25, 0.3) is 5.91 Å². The topological polar surface area (TPSA) is 38.3 Å². The first kappa shape index (κ1) is 16.4. The summed E-state index contributed by atoms with van der Waals surface area (Å²) in [5, 5.41) is 6.98. The fourth-order valence-electron chi connectivity index (χ4n) is 2.53. The van der Waals surface area contributed by atoms with E-state index in [1.165, 1.54) is 0 Å². The molecule has 0 aliphatic heterocycles. The Kier molecular flexibility index (Phi) is 5.41. The molecule has 0 spiro atoms. The van der Waals surface area contributed by atoms with Crippen molar-refractivity contribution in [2.75, 3.05) is 13.7 Å². The first-order valence-corrected chi connectivity index (χ1v) is 8.71. The molecule has 122 valence electrons. The molecule has 1 atom stereocenters. The zero-order chi connectivity index (χ0) is 16.8. The van der Waals surface area contributed by atoms with Crippen LogP contribution in [0.2, 0.25) is 0 Å². The lowest BCUT2D eigenvalue weighted by molar-refractivity contribution is 0.0829. The maximum atomic E-state index is 12.3. The molecule has 0 aliphatic rings. The molecule has 24 heavy (non-hydrogen) atoms. The van der Waals surface area contributed by atoms with Crippen LogP contribution in [0.1, 0.15) is 22.0 Å². The van der Waals surface area contributed by atoms with Gasteiger partial charge in [0, 0.05) is 19.2 Å². The van der Waals surface area contributed by atoms with Gasteiger partial charge in [-0.1, -0.05) is 42.5 Å². The van der Waals surface area contributed by atoms with Crippen molar-refractivity contribution < 1.29 is 9.53 Å². The third-order valence-corrected chi connectivity index (χ3v) is 4.60. The molecule has 2 aromatic carbocycles. The Morgan fingerprint density at radius 2 is 1.75 bits per heavy atom. The minimum absolute atomic E-state index is 0.0908. The third kappa shape index (κ3) is 3.91. The molecular weight excluding hydrogens is 318 g/mol. The summed E-state index contributed by atoms with van der Waals surface area (Å²) in [5.41, 5.74) is 3.97. The van der Waals surface area contributed by atoms with E-state index < -0.39 is 0 Å². The summed E-state index contributed by atoms with van der Waals surface area (Å²) in [6.07, 6.45) is -0.121. The highest BCUT2D eigenvalue weighted by Gasteiger charge is 2.13. The van der Waals surface area contributed by atoms with E-state index in [2.05, 4.69) is 17.4 Å². The molecule has 1 N–H and O–H groups in total. The van der Waals surface area contributed by atoms with Gasteiger partial charge >= 0.3 is 0 Å². The van der Waals surface area contributed by atoms with E-state index >= 15 is 0 Å². The fourth-order valence-corrected chi connectivity index (χ4v) is 3.23. The normalized spacial score (nSPS) is 11.9. The van der Waals surface area contributed by atoms with Crippen LogP contribution in [0, 0.1) is 0 Å². The number of rotatable bonds is 6. The first-order chi connectivity index (χ1) is 11.8. The Hall–Kier alpha value is -2.43. The molecule has 1 amide bonds. The predicted molar refractivity (Wildman–Crippen MR) is 98.3 cm³/mol. The Morgan fingerprint density at radius 3 is 2.38 bits per heavy atom. The zero-order valence-electron chi connectivity index (χ0n) is 13.4. The number of thiophene rings is 1. The molecule has 0 saturated carbocycles. The van der Waals surface area contributed by atoms with E-state index in [0.717, 1.165) is 16.7 Å². The molecule has 3 rings (SSSR count). The second-order valence-corrected chi connectivity index (χ2v) is 6.21. The van der Waals surface area contributed by atoms with E-state index in [9.17, 15) is 4.79 Å². The lowest BCUT2D eigenvalue weighted by Gasteiger charge is -2.15. The number of ether oxygens (including phenoxy) is 1. The average Bonchev–Trinajstić information content (AvgIpc) is 3.17. The van der Waals surface area contributed by atoms with Crippen LogP contribution in [-0.4, -0.2) is 19.6 Å². The van der Waals surface area contributed by atoms with Crippen LogP contribution in [0.3, 0.4) is 0 Å². The van der Waals surface area contributed by atoms with Gasteiger partial charge < -0.3 is 10.1 Å². The molecule has 3 aromatic rings. The monoisotopic (exact) mass is 337 g/mol. The summed E-state index contributed by atoms with van der Waals surface area (Å²) < 4.78 is 5.45. The van der Waals surface area contributed by atoms with Crippen molar-refractivity contribution in [1.29, 1.82) is 0 Å². The molecule has 1 heterocycles. The van der Waals surface area contributed by atoms with Crippen LogP contribution in [0.15, 0.2) is 71.4 Å². The number of amides is 1. The Morgan fingerprint density at radius 1 is 1.04 bits per heavy atom. The summed E-state index contributed by atoms with van der Waals surface area (Å²) in [6, 6.07) is 19.8. The summed E-state index contributed by atoms with van der Waals surface area (Å²) in [6.45, 7) is 0.451. The van der Waals surface area contributed by atoms with Crippen molar-refractivity contribution in [3.8, 4) is 11.1 Å². The minimum Gasteiger partial charge on any atom is -0.375 e. The van der Waals surface area contributed by atoms with Gasteiger partial charge in [0.2, 0.25) is 0 Å². The van der Waals surface area contributed by atoms with Crippen molar-refractivity contribution in [2.24, 2.45) is 0 Å². The standard InChI is InChI=1S/C20H19NO2S/c1-23-19(18-11-12-24-14-18)13-21-20(22)17-9-7-16(8-10-17)15-5-3-2-4-6-15/h2-12,14,19H,13H2,1H3,(H,21,22)/t19-/m0/s1. The van der Waals surface area contributed by atoms with E-state index in [-0.39, 0.29) is 12.0 Å². The van der Waals surface area contributed by atoms with Crippen LogP contribution >= 0.6 is 11.3 Å². The Labute approximate surface area is 145 Å². The maximum Gasteiger partial charge on any atom is 0.251 e. The summed E-state index contributed by atoms with van der Waals surface area (Å²) in [5.74, 6) is -0.0908. The molecule has 3 nitrogen and oxygen atoms in total. The van der Waals surface area contributed by atoms with Crippen LogP contribution in [-0.2, 0) is 4.74 Å². The van der Waals surface area contributed by atoms with E-state index in [0.29, 0.717) is 12.1 Å². The van der Waals surface area contributed by atoms with Crippen molar-refractivity contribution in [3.05, 3.63) is 82.6 Å². The predicted octanol–water partition coefficient (Wildman–Crippen LogP) is 4.53. The second kappa shape index (κ2) is 7.90. The largest absolute Gasteiger partial charge is 0.375 e. The molecule has 0 bridgehead atoms. The second-order valence-electron chi connectivity index (χ2n) is 5.43. The Balaban J connectivity index is 1.63. The highest BCUT2D eigenvalue weighted by molar-refractivity contribution is 7.07. The molecule has 0 radical (unpaired) electrons. The summed E-state index contributed by atoms with van der Waals surface area (Å²) in [7, 11) is 1.66. The minimum atomic E-state index is -0.121. The van der Waals surface area contributed by atoms with Crippen molar-refractivity contribution in [2.45, 2.75) is 6.10 Å². The van der Waals surface area contributed by atoms with Crippen LogP contribution < -0.4 is 5.32 Å². The van der Waals surface area contributed by atoms with Gasteiger partial charge in [-0.15, -0.1) is 0 Å². The highest BCUT2D eigenvalue weighted by Crippen LogP contribution is 2.20. The number of nitrogens with one attached hydrogen (secondary N) is 1. The SMILES string of the molecule is CO[C@@H](CNC(=O)c1ccc(-c2ccccc2)cc1)c1ccsc1. The molecule has 1 aromatic heterocycles. The first-order valence-electron chi connectivity index (χ1n) is 7.76. The van der Waals surface area contributed by atoms with Crippen molar-refractivity contribution in [1.82, 2.24) is 5.32 Å². The lowest BCUT2D eigenvalue weighted by Crippen LogP contribution is -2.28. The van der Waals surface area contributed by atoms with Gasteiger partial charge in [0.15, 0.2) is 0 Å². The Bertz CT molecular complexity index is 767. The number of carbonyl (C=O) groups is 1. The molecule has 0 unspecified atom stereocenters. The van der Waals surface area contributed by atoms with Gasteiger partial charge in [-0.05, 0) is 45.6 Å². The summed E-state index contributed by atoms with van der Waals surface area (Å²) in [4.78, 5) is 12.3. The molecule has 4 heteroatoms. The molecular formula is C20H19NO2S. The number of methoxy groups -OCH3 is 1. The number of hydrogen-bond acceptors (Lipinski definition) is 3. The fraction of sp³-hybridized carbons (Fsp3) is 0.150. The van der Waals surface area contributed by atoms with Gasteiger partial charge in [0.05, 0.1) is 0 Å². The average molecular weight is 337 g/mol. The van der Waals surface area contributed by atoms with E-state index in [1.807, 2.05) is 59.3 Å². The van der Waals surface area contributed by atoms with E-state index in [4.69, 9.17) is 4.74 Å². The number of benzene rings is 2. The quantitative estimate of drug-likeness (QED) is 0.717. The number of carbonyl (C=O) groups excluding carboxylic acids is 1. The lowest BCUT2D eigenvalue weighted by atomic mass is 10.0. The van der Waals surface area contributed by atoms with Gasteiger partial charge in [-0.25, -0.2) is 0 Å². The van der Waals surface area contributed by atoms with Crippen LogP contribution in [0.25, 0.3) is 11.1 Å². The van der Waals surface area contributed by atoms with Gasteiger partial charge in [-0.2, -0.15) is 11.3 Å². The van der Waals surface area contributed by atoms with Crippen molar-refractivity contribution >= 4 is 17.2 Å².